The lowest BCUT2D eigenvalue weighted by molar-refractivity contribution is -0.114. The zero-order valence-corrected chi connectivity index (χ0v) is 15.9. The van der Waals surface area contributed by atoms with Crippen LogP contribution < -0.4 is 16.0 Å². The summed E-state index contributed by atoms with van der Waals surface area (Å²) in [6, 6.07) is 4.26. The molecule has 1 saturated heterocycles. The molecule has 1 aromatic heterocycles. The lowest BCUT2D eigenvalue weighted by Crippen LogP contribution is -2.32. The number of nitrogens with one attached hydrogen (secondary N) is 1. The maximum absolute atomic E-state index is 14.2. The zero-order valence-electron chi connectivity index (χ0n) is 15.1. The van der Waals surface area contributed by atoms with E-state index in [9.17, 15) is 9.18 Å². The van der Waals surface area contributed by atoms with Gasteiger partial charge in [0.2, 0.25) is 11.9 Å². The molecular weight excluding hydrogens is 373 g/mol. The van der Waals surface area contributed by atoms with Crippen LogP contribution in [0.2, 0.25) is 5.02 Å². The molecule has 1 atom stereocenters. The highest BCUT2D eigenvalue weighted by Gasteiger charge is 2.28. The number of aryl methyl sites for hydroxylation is 1. The number of benzene rings is 1. The molecule has 1 fully saturated rings. The van der Waals surface area contributed by atoms with Gasteiger partial charge in [-0.25, -0.2) is 9.37 Å². The summed E-state index contributed by atoms with van der Waals surface area (Å²) in [6.45, 7) is 4.74. The van der Waals surface area contributed by atoms with Crippen LogP contribution >= 0.6 is 11.6 Å². The minimum absolute atomic E-state index is 0.0736. The molecule has 27 heavy (non-hydrogen) atoms. The number of hydrogen-bond acceptors (Lipinski definition) is 6. The minimum atomic E-state index is -0.595. The number of carbonyl (C=O) groups is 1. The summed E-state index contributed by atoms with van der Waals surface area (Å²) in [5, 5.41) is 2.74. The number of aromatic nitrogens is 2. The quantitative estimate of drug-likeness (QED) is 0.832. The summed E-state index contributed by atoms with van der Waals surface area (Å²) in [5.41, 5.74) is 7.27. The second-order valence-electron chi connectivity index (χ2n) is 6.40. The predicted molar refractivity (Wildman–Crippen MR) is 102 cm³/mol. The van der Waals surface area contributed by atoms with Gasteiger partial charge in [-0.3, -0.25) is 4.79 Å². The first-order valence-corrected chi connectivity index (χ1v) is 8.95. The molecule has 1 aliphatic heterocycles. The summed E-state index contributed by atoms with van der Waals surface area (Å²) in [6.07, 6.45) is 0.789. The molecule has 3 N–H and O–H groups in total. The SMILES string of the molecule is CC(=O)Nc1cc([C@@H]2COCCCN2c2cc(C)nc(N)n2)c(Cl)cc1F. The molecule has 7 nitrogen and oxygen atoms in total. The molecule has 0 aliphatic carbocycles. The maximum Gasteiger partial charge on any atom is 0.222 e. The second-order valence-corrected chi connectivity index (χ2v) is 6.81. The van der Waals surface area contributed by atoms with Gasteiger partial charge >= 0.3 is 0 Å². The van der Waals surface area contributed by atoms with Crippen LogP contribution in [0.15, 0.2) is 18.2 Å². The van der Waals surface area contributed by atoms with E-state index in [4.69, 9.17) is 22.1 Å². The van der Waals surface area contributed by atoms with Gasteiger partial charge in [0.05, 0.1) is 18.3 Å². The van der Waals surface area contributed by atoms with Crippen molar-refractivity contribution in [3.8, 4) is 0 Å². The Bertz CT molecular complexity index is 844. The van der Waals surface area contributed by atoms with Crippen LogP contribution in [0.4, 0.5) is 21.8 Å². The Hall–Kier alpha value is -2.45. The summed E-state index contributed by atoms with van der Waals surface area (Å²) in [7, 11) is 0. The van der Waals surface area contributed by atoms with Crippen molar-refractivity contribution in [2.45, 2.75) is 26.3 Å². The molecule has 1 amide bonds. The Morgan fingerprint density at radius 1 is 1.41 bits per heavy atom. The number of nitrogens with zero attached hydrogens (tertiary/aromatic N) is 3. The average Bonchev–Trinajstić information content (AvgIpc) is 2.82. The van der Waals surface area contributed by atoms with Gasteiger partial charge in [0.15, 0.2) is 0 Å². The Balaban J connectivity index is 2.06. The topological polar surface area (TPSA) is 93.4 Å². The average molecular weight is 394 g/mol. The fourth-order valence-electron chi connectivity index (χ4n) is 3.14. The molecule has 9 heteroatoms. The van der Waals surface area contributed by atoms with Crippen molar-refractivity contribution in [1.29, 1.82) is 0 Å². The van der Waals surface area contributed by atoms with Crippen molar-refractivity contribution in [3.63, 3.8) is 0 Å². The van der Waals surface area contributed by atoms with Gasteiger partial charge in [0.1, 0.15) is 11.6 Å². The normalized spacial score (nSPS) is 17.5. The Morgan fingerprint density at radius 3 is 2.89 bits per heavy atom. The molecule has 2 heterocycles. The van der Waals surface area contributed by atoms with Gasteiger partial charge in [0.25, 0.3) is 0 Å². The highest BCUT2D eigenvalue weighted by molar-refractivity contribution is 6.31. The van der Waals surface area contributed by atoms with E-state index >= 15 is 0 Å². The zero-order chi connectivity index (χ0) is 19.6. The van der Waals surface area contributed by atoms with Crippen molar-refractivity contribution in [2.24, 2.45) is 0 Å². The van der Waals surface area contributed by atoms with E-state index in [1.807, 2.05) is 17.9 Å². The molecular formula is C18H21ClFN5O2. The van der Waals surface area contributed by atoms with Crippen molar-refractivity contribution in [1.82, 2.24) is 9.97 Å². The number of anilines is 3. The largest absolute Gasteiger partial charge is 0.379 e. The van der Waals surface area contributed by atoms with Crippen LogP contribution in [-0.4, -0.2) is 35.6 Å². The van der Waals surface area contributed by atoms with Crippen LogP contribution in [0, 0.1) is 12.7 Å². The molecule has 3 rings (SSSR count). The monoisotopic (exact) mass is 393 g/mol. The van der Waals surface area contributed by atoms with Crippen molar-refractivity contribution in [3.05, 3.63) is 40.3 Å². The molecule has 1 aromatic carbocycles. The first-order valence-electron chi connectivity index (χ1n) is 8.57. The predicted octanol–water partition coefficient (Wildman–Crippen LogP) is 3.09. The maximum atomic E-state index is 14.2. The van der Waals surface area contributed by atoms with Crippen molar-refractivity contribution in [2.75, 3.05) is 35.7 Å². The number of ether oxygens (including phenoxy) is 1. The van der Waals surface area contributed by atoms with Crippen LogP contribution in [-0.2, 0) is 9.53 Å². The third kappa shape index (κ3) is 4.45. The molecule has 0 spiro atoms. The smallest absolute Gasteiger partial charge is 0.222 e. The summed E-state index contributed by atoms with van der Waals surface area (Å²) < 4.78 is 19.9. The molecule has 1 aliphatic rings. The van der Waals surface area contributed by atoms with Gasteiger partial charge in [-0.1, -0.05) is 11.6 Å². The van der Waals surface area contributed by atoms with Gasteiger partial charge in [-0.2, -0.15) is 4.98 Å². The number of hydrogen-bond donors (Lipinski definition) is 2. The number of amides is 1. The molecule has 144 valence electrons. The van der Waals surface area contributed by atoms with Gasteiger partial charge in [0, 0.05) is 36.9 Å². The fourth-order valence-corrected chi connectivity index (χ4v) is 3.41. The fraction of sp³-hybridized carbons (Fsp3) is 0.389. The van der Waals surface area contributed by atoms with E-state index in [-0.39, 0.29) is 28.6 Å². The first kappa shape index (κ1) is 19.3. The van der Waals surface area contributed by atoms with Crippen LogP contribution in [0.1, 0.15) is 30.6 Å². The van der Waals surface area contributed by atoms with E-state index < -0.39 is 5.82 Å². The third-order valence-corrected chi connectivity index (χ3v) is 4.58. The number of nitrogens with two attached hydrogens (primary N) is 1. The molecule has 0 radical (unpaired) electrons. The molecule has 0 bridgehead atoms. The number of nitrogen functional groups attached to an aromatic ring is 1. The van der Waals surface area contributed by atoms with E-state index in [1.54, 1.807) is 6.07 Å². The van der Waals surface area contributed by atoms with E-state index in [2.05, 4.69) is 15.3 Å². The lowest BCUT2D eigenvalue weighted by atomic mass is 10.0. The summed E-state index contributed by atoms with van der Waals surface area (Å²) >= 11 is 6.35. The van der Waals surface area contributed by atoms with Gasteiger partial charge in [-0.15, -0.1) is 0 Å². The highest BCUT2D eigenvalue weighted by Crippen LogP contribution is 2.35. The van der Waals surface area contributed by atoms with Crippen LogP contribution in [0.5, 0.6) is 0 Å². The number of carbonyl (C=O) groups excluding carboxylic acids is 1. The van der Waals surface area contributed by atoms with Gasteiger partial charge < -0.3 is 20.7 Å². The van der Waals surface area contributed by atoms with Crippen LogP contribution in [0.25, 0.3) is 0 Å². The summed E-state index contributed by atoms with van der Waals surface area (Å²) in [5.74, 6) is -0.132. The molecule has 2 aromatic rings. The molecule has 0 unspecified atom stereocenters. The Kier molecular flexibility index (Phi) is 5.76. The standard InChI is InChI=1S/C18H21ClFN5O2/c1-10-6-17(24-18(21)22-10)25-4-3-5-27-9-16(25)12-7-15(23-11(2)26)14(20)8-13(12)19/h6-8,16H,3-5,9H2,1-2H3,(H,23,26)(H2,21,22,24)/t16-/m0/s1. The van der Waals surface area contributed by atoms with Crippen molar-refractivity contribution < 1.29 is 13.9 Å². The number of halogens is 2. The first-order chi connectivity index (χ1) is 12.8. The summed E-state index contributed by atoms with van der Waals surface area (Å²) in [4.78, 5) is 21.9. The van der Waals surface area contributed by atoms with Crippen LogP contribution in [0.3, 0.4) is 0 Å². The number of rotatable bonds is 3. The van der Waals surface area contributed by atoms with Crippen molar-refractivity contribution >= 4 is 35.0 Å². The Labute approximate surface area is 161 Å². The van der Waals surface area contributed by atoms with E-state index in [1.165, 1.54) is 13.0 Å². The lowest BCUT2D eigenvalue weighted by Gasteiger charge is -2.31. The van der Waals surface area contributed by atoms with E-state index in [0.717, 1.165) is 12.1 Å². The highest BCUT2D eigenvalue weighted by atomic mass is 35.5. The van der Waals surface area contributed by atoms with E-state index in [0.29, 0.717) is 31.1 Å². The third-order valence-electron chi connectivity index (χ3n) is 4.25. The minimum Gasteiger partial charge on any atom is -0.379 e. The second kappa shape index (κ2) is 8.06. The van der Waals surface area contributed by atoms with Gasteiger partial charge in [-0.05, 0) is 31.0 Å². The Morgan fingerprint density at radius 2 is 2.19 bits per heavy atom. The molecule has 0 saturated carbocycles.